The summed E-state index contributed by atoms with van der Waals surface area (Å²) in [4.78, 5) is 0. The largest absolute Gasteiger partial charge is 0.493 e. The minimum absolute atomic E-state index is 0.0803. The highest BCUT2D eigenvalue weighted by molar-refractivity contribution is 7.99. The second kappa shape index (κ2) is 7.65. The quantitative estimate of drug-likeness (QED) is 0.612. The highest BCUT2D eigenvalue weighted by atomic mass is 32.2. The first kappa shape index (κ1) is 15.3. The maximum absolute atomic E-state index is 8.83. The van der Waals surface area contributed by atoms with Crippen molar-refractivity contribution in [1.82, 2.24) is 14.9 Å². The number of aromatic nitrogens is 3. The summed E-state index contributed by atoms with van der Waals surface area (Å²) in [6.07, 6.45) is 3.19. The average molecular weight is 308 g/mol. The molecule has 0 amide bonds. The van der Waals surface area contributed by atoms with Gasteiger partial charge in [-0.2, -0.15) is 9.78 Å². The van der Waals surface area contributed by atoms with Crippen molar-refractivity contribution in [3.05, 3.63) is 30.1 Å². The van der Waals surface area contributed by atoms with Gasteiger partial charge < -0.3 is 14.6 Å². The molecule has 0 atom stereocenters. The normalized spacial score (nSPS) is 11.0. The lowest BCUT2D eigenvalue weighted by atomic mass is 10.2. The zero-order chi connectivity index (χ0) is 15.1. The lowest BCUT2D eigenvalue weighted by Crippen LogP contribution is -1.95. The van der Waals surface area contributed by atoms with Crippen LogP contribution in [0.4, 0.5) is 0 Å². The summed E-state index contributed by atoms with van der Waals surface area (Å²) >= 11 is 1.38. The number of rotatable bonds is 7. The summed E-state index contributed by atoms with van der Waals surface area (Å²) in [7, 11) is 3.18. The molecule has 0 bridgehead atoms. The Morgan fingerprint density at radius 3 is 2.86 bits per heavy atom. The Hall–Kier alpha value is -2.06. The van der Waals surface area contributed by atoms with E-state index in [1.54, 1.807) is 25.1 Å². The summed E-state index contributed by atoms with van der Waals surface area (Å²) < 4.78 is 12.0. The molecule has 0 spiro atoms. The number of methoxy groups -OCH3 is 2. The lowest BCUT2D eigenvalue weighted by molar-refractivity contribution is 0.322. The Morgan fingerprint density at radius 1 is 1.33 bits per heavy atom. The zero-order valence-corrected chi connectivity index (χ0v) is 12.6. The molecule has 0 radical (unpaired) electrons. The van der Waals surface area contributed by atoms with Gasteiger partial charge in [-0.25, -0.2) is 0 Å². The molecule has 21 heavy (non-hydrogen) atoms. The summed E-state index contributed by atoms with van der Waals surface area (Å²) in [5, 5.41) is 21.5. The Morgan fingerprint density at radius 2 is 2.14 bits per heavy atom. The van der Waals surface area contributed by atoms with Crippen molar-refractivity contribution < 1.29 is 14.6 Å². The molecule has 112 valence electrons. The number of benzene rings is 1. The molecule has 1 heterocycles. The Balaban J connectivity index is 2.16. The molecule has 7 nitrogen and oxygen atoms in total. The topological polar surface area (TPSA) is 81.8 Å². The van der Waals surface area contributed by atoms with Gasteiger partial charge in [0.15, 0.2) is 11.5 Å². The molecule has 2 aromatic rings. The second-order valence-corrected chi connectivity index (χ2v) is 4.95. The second-order valence-electron chi connectivity index (χ2n) is 3.89. The summed E-state index contributed by atoms with van der Waals surface area (Å²) in [5.41, 5.74) is 0.861. The Kier molecular flexibility index (Phi) is 5.59. The van der Waals surface area contributed by atoms with Crippen LogP contribution in [0.25, 0.3) is 0 Å². The van der Waals surface area contributed by atoms with Crippen LogP contribution in [-0.2, 0) is 0 Å². The summed E-state index contributed by atoms with van der Waals surface area (Å²) in [5.74, 6) is 1.85. The van der Waals surface area contributed by atoms with Gasteiger partial charge in [0, 0.05) is 5.75 Å². The van der Waals surface area contributed by atoms with Crippen LogP contribution in [-0.4, -0.2) is 52.8 Å². The van der Waals surface area contributed by atoms with Crippen LogP contribution in [0.5, 0.6) is 11.5 Å². The highest BCUT2D eigenvalue weighted by Crippen LogP contribution is 2.26. The third kappa shape index (κ3) is 3.96. The maximum Gasteiger partial charge on any atom is 0.211 e. The number of nitrogens with zero attached hydrogens (tertiary/aromatic N) is 4. The van der Waals surface area contributed by atoms with E-state index in [4.69, 9.17) is 14.6 Å². The molecule has 1 aromatic carbocycles. The third-order valence-corrected chi connectivity index (χ3v) is 3.48. The van der Waals surface area contributed by atoms with E-state index in [1.807, 2.05) is 18.2 Å². The Bertz CT molecular complexity index is 615. The fraction of sp³-hybridized carbons (Fsp3) is 0.308. The van der Waals surface area contributed by atoms with Crippen molar-refractivity contribution in [3.63, 3.8) is 0 Å². The number of thioether (sulfide) groups is 1. The van der Waals surface area contributed by atoms with Crippen LogP contribution in [0, 0.1) is 0 Å². The van der Waals surface area contributed by atoms with Crippen molar-refractivity contribution in [2.45, 2.75) is 5.16 Å². The lowest BCUT2D eigenvalue weighted by Gasteiger charge is -2.07. The van der Waals surface area contributed by atoms with E-state index in [-0.39, 0.29) is 6.61 Å². The minimum Gasteiger partial charge on any atom is -0.493 e. The van der Waals surface area contributed by atoms with Gasteiger partial charge in [-0.3, -0.25) is 0 Å². The van der Waals surface area contributed by atoms with Gasteiger partial charge in [0.2, 0.25) is 5.16 Å². The van der Waals surface area contributed by atoms with E-state index in [2.05, 4.69) is 15.3 Å². The predicted molar refractivity (Wildman–Crippen MR) is 80.4 cm³/mol. The first-order valence-electron chi connectivity index (χ1n) is 6.18. The summed E-state index contributed by atoms with van der Waals surface area (Å²) in [6, 6.07) is 5.51. The van der Waals surface area contributed by atoms with Crippen LogP contribution in [0.15, 0.2) is 34.8 Å². The standard InChI is InChI=1S/C13H16N4O3S/c1-19-11-4-3-10(7-12(11)20-2)8-15-17-9-14-16-13(17)21-6-5-18/h3-4,7-9,18H,5-6H2,1-2H3. The van der Waals surface area contributed by atoms with Gasteiger partial charge in [-0.05, 0) is 23.8 Å². The van der Waals surface area contributed by atoms with E-state index in [0.717, 1.165) is 5.56 Å². The van der Waals surface area contributed by atoms with Crippen LogP contribution in [0.1, 0.15) is 5.56 Å². The average Bonchev–Trinajstić information content (AvgIpc) is 2.97. The van der Waals surface area contributed by atoms with Crippen LogP contribution in [0.2, 0.25) is 0 Å². The van der Waals surface area contributed by atoms with Crippen molar-refractivity contribution >= 4 is 18.0 Å². The van der Waals surface area contributed by atoms with Gasteiger partial charge in [0.05, 0.1) is 27.0 Å². The fourth-order valence-electron chi connectivity index (χ4n) is 1.59. The predicted octanol–water partition coefficient (Wildman–Crippen LogP) is 1.26. The van der Waals surface area contributed by atoms with Crippen LogP contribution < -0.4 is 9.47 Å². The molecule has 0 saturated heterocycles. The number of aliphatic hydroxyl groups is 1. The molecular weight excluding hydrogens is 292 g/mol. The molecule has 0 aliphatic heterocycles. The van der Waals surface area contributed by atoms with Gasteiger partial charge >= 0.3 is 0 Å². The number of aliphatic hydroxyl groups excluding tert-OH is 1. The van der Waals surface area contributed by atoms with Crippen LogP contribution >= 0.6 is 11.8 Å². The van der Waals surface area contributed by atoms with E-state index in [9.17, 15) is 0 Å². The van der Waals surface area contributed by atoms with E-state index in [1.165, 1.54) is 18.1 Å². The SMILES string of the molecule is COc1ccc(C=Nn2cnnc2SCCO)cc1OC. The number of ether oxygens (including phenoxy) is 2. The van der Waals surface area contributed by atoms with Gasteiger partial charge in [-0.1, -0.05) is 11.8 Å². The third-order valence-electron chi connectivity index (χ3n) is 2.56. The molecule has 8 heteroatoms. The van der Waals surface area contributed by atoms with Crippen LogP contribution in [0.3, 0.4) is 0 Å². The maximum atomic E-state index is 8.83. The van der Waals surface area contributed by atoms with E-state index in [0.29, 0.717) is 22.4 Å². The first-order chi connectivity index (χ1) is 10.3. The molecule has 0 aliphatic carbocycles. The van der Waals surface area contributed by atoms with Crippen molar-refractivity contribution in [1.29, 1.82) is 0 Å². The highest BCUT2D eigenvalue weighted by Gasteiger charge is 2.05. The van der Waals surface area contributed by atoms with Crippen molar-refractivity contribution in [2.75, 3.05) is 26.6 Å². The Labute approximate surface area is 126 Å². The molecule has 0 unspecified atom stereocenters. The monoisotopic (exact) mass is 308 g/mol. The first-order valence-corrected chi connectivity index (χ1v) is 7.17. The fourth-order valence-corrected chi connectivity index (χ4v) is 2.20. The van der Waals surface area contributed by atoms with Crippen molar-refractivity contribution in [2.24, 2.45) is 5.10 Å². The van der Waals surface area contributed by atoms with Gasteiger partial charge in [0.25, 0.3) is 0 Å². The number of hydrogen-bond donors (Lipinski definition) is 1. The van der Waals surface area contributed by atoms with Crippen molar-refractivity contribution in [3.8, 4) is 11.5 Å². The van der Waals surface area contributed by atoms with E-state index >= 15 is 0 Å². The van der Waals surface area contributed by atoms with Gasteiger partial charge in [-0.15, -0.1) is 10.2 Å². The molecular formula is C13H16N4O3S. The van der Waals surface area contributed by atoms with Gasteiger partial charge in [0.1, 0.15) is 6.33 Å². The molecule has 0 saturated carbocycles. The number of hydrogen-bond acceptors (Lipinski definition) is 7. The summed E-state index contributed by atoms with van der Waals surface area (Å²) in [6.45, 7) is 0.0803. The molecule has 1 aromatic heterocycles. The molecule has 0 aliphatic rings. The zero-order valence-electron chi connectivity index (χ0n) is 11.8. The van der Waals surface area contributed by atoms with E-state index < -0.39 is 0 Å². The molecule has 0 fully saturated rings. The minimum atomic E-state index is 0.0803. The molecule has 1 N–H and O–H groups in total. The molecule has 2 rings (SSSR count). The smallest absolute Gasteiger partial charge is 0.211 e.